The Labute approximate surface area is 738 Å². The lowest BCUT2D eigenvalue weighted by Crippen LogP contribution is -2.23. The molecule has 0 fully saturated rings. The summed E-state index contributed by atoms with van der Waals surface area (Å²) >= 11 is 0. The van der Waals surface area contributed by atoms with E-state index in [1.54, 1.807) is 53.4 Å². The fraction of sp³-hybridized carbons (Fsp3) is 0.560. The van der Waals surface area contributed by atoms with Crippen LogP contribution in [0.15, 0.2) is 146 Å². The monoisotopic (exact) mass is 1680 g/mol. The summed E-state index contributed by atoms with van der Waals surface area (Å²) in [7, 11) is 5.04. The summed E-state index contributed by atoms with van der Waals surface area (Å²) in [4.78, 5) is 0. The Balaban J connectivity index is 0.00000136. The Bertz CT molecular complexity index is 4120. The van der Waals surface area contributed by atoms with Crippen LogP contribution >= 0.6 is 0 Å². The fourth-order valence-corrected chi connectivity index (χ4v) is 12.2. The predicted molar refractivity (Wildman–Crippen MR) is 516 cm³/mol. The summed E-state index contributed by atoms with van der Waals surface area (Å²) in [5, 5.41) is 18.9. The van der Waals surface area contributed by atoms with Crippen molar-refractivity contribution < 1.29 is 56.9 Å². The van der Waals surface area contributed by atoms with Gasteiger partial charge in [0.2, 0.25) is 0 Å². The van der Waals surface area contributed by atoms with E-state index in [9.17, 15) is 19.0 Å². The molecule has 0 saturated carbocycles. The number of rotatable bonds is 27. The van der Waals surface area contributed by atoms with Gasteiger partial charge in [0.25, 0.3) is 0 Å². The summed E-state index contributed by atoms with van der Waals surface area (Å²) in [5.41, 5.74) is 15.4. The van der Waals surface area contributed by atoms with Crippen molar-refractivity contribution in [1.29, 1.82) is 0 Å². The predicted octanol–water partition coefficient (Wildman–Crippen LogP) is 31.5. The van der Waals surface area contributed by atoms with Crippen molar-refractivity contribution in [3.63, 3.8) is 0 Å². The number of benzene rings is 8. The maximum atomic E-state index is 13.7. The first-order chi connectivity index (χ1) is 55.7. The van der Waals surface area contributed by atoms with Crippen LogP contribution in [0.5, 0.6) is 46.0 Å². The quantitative estimate of drug-likeness (QED) is 0.0483. The van der Waals surface area contributed by atoms with Gasteiger partial charge in [-0.05, 0) is 286 Å². The topological polar surface area (TPSA) is 114 Å². The van der Waals surface area contributed by atoms with Crippen molar-refractivity contribution in [2.24, 2.45) is 0 Å². The average molecular weight is 1680 g/mol. The van der Waals surface area contributed by atoms with E-state index in [1.807, 2.05) is 124 Å². The van der Waals surface area contributed by atoms with Gasteiger partial charge >= 0.3 is 0 Å². The van der Waals surface area contributed by atoms with Crippen molar-refractivity contribution in [2.45, 2.75) is 370 Å². The van der Waals surface area contributed by atoms with Gasteiger partial charge in [0.1, 0.15) is 28.7 Å². The molecule has 0 amide bonds. The molecule has 12 heteroatoms. The number of methoxy groups -OCH3 is 3. The first-order valence-corrected chi connectivity index (χ1v) is 44.3. The molecule has 0 aliphatic heterocycles. The molecule has 0 heterocycles. The molecule has 2 N–H and O–H groups in total. The summed E-state index contributed by atoms with van der Waals surface area (Å²) in [6, 6.07) is 48.6. The second kappa shape index (κ2) is 55.2. The van der Waals surface area contributed by atoms with Crippen molar-refractivity contribution in [3.05, 3.63) is 235 Å². The second-order valence-electron chi connectivity index (χ2n) is 37.9. The van der Waals surface area contributed by atoms with Gasteiger partial charge in [-0.15, -0.1) is 0 Å². The molecule has 680 valence electrons. The molecule has 1 atom stereocenters. The molecule has 0 saturated heterocycles. The van der Waals surface area contributed by atoms with Gasteiger partial charge in [-0.2, -0.15) is 0 Å². The molecular formula is C109H170F2O10. The normalized spacial score (nSPS) is 11.6. The van der Waals surface area contributed by atoms with Crippen LogP contribution in [0.4, 0.5) is 8.78 Å². The van der Waals surface area contributed by atoms with Crippen molar-refractivity contribution in [1.82, 2.24) is 0 Å². The van der Waals surface area contributed by atoms with Gasteiger partial charge in [0, 0.05) is 12.0 Å². The lowest BCUT2D eigenvalue weighted by molar-refractivity contribution is 0.0800. The van der Waals surface area contributed by atoms with Crippen LogP contribution in [-0.4, -0.2) is 68.2 Å². The Morgan fingerprint density at radius 3 is 1.05 bits per heavy atom. The first-order valence-electron chi connectivity index (χ1n) is 44.3. The Hall–Kier alpha value is -8.06. The molecule has 0 aliphatic carbocycles. The van der Waals surface area contributed by atoms with Crippen molar-refractivity contribution in [2.75, 3.05) is 34.5 Å². The molecule has 0 spiro atoms. The van der Waals surface area contributed by atoms with E-state index in [0.717, 1.165) is 101 Å². The summed E-state index contributed by atoms with van der Waals surface area (Å²) < 4.78 is 71.9. The number of aryl methyl sites for hydroxylation is 2. The molecule has 8 aromatic carbocycles. The highest BCUT2D eigenvalue weighted by atomic mass is 19.1. The summed E-state index contributed by atoms with van der Waals surface area (Å²) in [5.74, 6) is 10.4. The Kier molecular flexibility index (Phi) is 51.6. The zero-order valence-electron chi connectivity index (χ0n) is 82.2. The molecule has 8 aromatic rings. The smallest absolute Gasteiger partial charge is 0.161 e. The molecule has 1 unspecified atom stereocenters. The number of aliphatic hydroxyl groups is 2. The molecule has 0 radical (unpaired) electrons. The Morgan fingerprint density at radius 1 is 0.347 bits per heavy atom. The number of unbranched alkanes of at least 4 members (excludes halogenated alkanes) is 1. The molecular weight excluding hydrogens is 1510 g/mol. The fourth-order valence-electron chi connectivity index (χ4n) is 12.2. The molecule has 0 aromatic heterocycles. The minimum absolute atomic E-state index is 0. The highest BCUT2D eigenvalue weighted by Gasteiger charge is 2.22. The van der Waals surface area contributed by atoms with Crippen LogP contribution in [0.3, 0.4) is 0 Å². The second-order valence-corrected chi connectivity index (χ2v) is 37.9. The van der Waals surface area contributed by atoms with Gasteiger partial charge in [0.05, 0.1) is 59.0 Å². The zero-order chi connectivity index (χ0) is 91.9. The van der Waals surface area contributed by atoms with E-state index < -0.39 is 5.60 Å². The Morgan fingerprint density at radius 2 is 0.694 bits per heavy atom. The van der Waals surface area contributed by atoms with Crippen LogP contribution in [0.1, 0.15) is 387 Å². The van der Waals surface area contributed by atoms with E-state index in [2.05, 4.69) is 232 Å². The van der Waals surface area contributed by atoms with E-state index in [1.165, 1.54) is 56.5 Å². The van der Waals surface area contributed by atoms with Crippen molar-refractivity contribution in [3.8, 4) is 46.0 Å². The van der Waals surface area contributed by atoms with E-state index in [-0.39, 0.29) is 54.3 Å². The van der Waals surface area contributed by atoms with Crippen LogP contribution < -0.4 is 37.9 Å². The first kappa shape index (κ1) is 113. The molecule has 121 heavy (non-hydrogen) atoms. The average Bonchev–Trinajstić information content (AvgIpc) is 0.841. The number of halogens is 2. The molecule has 10 nitrogen and oxygen atoms in total. The van der Waals surface area contributed by atoms with Crippen LogP contribution in [-0.2, 0) is 23.9 Å². The number of ether oxygens (including phenoxy) is 8. The maximum Gasteiger partial charge on any atom is 0.161 e. The summed E-state index contributed by atoms with van der Waals surface area (Å²) in [6.07, 6.45) is 5.02. The molecule has 8 rings (SSSR count). The largest absolute Gasteiger partial charge is 0.493 e. The highest BCUT2D eigenvalue weighted by Crippen LogP contribution is 2.37. The van der Waals surface area contributed by atoms with Gasteiger partial charge in [-0.1, -0.05) is 266 Å². The van der Waals surface area contributed by atoms with Crippen LogP contribution in [0.2, 0.25) is 0 Å². The standard InChI is InChI=1S/2C14H22O2.C14H22O.C14H22.C13H19FO.C13H19F.2C13H20O2.CH4/c1-10(2)11-7-8-12(13(9-11)15-6)16-14(3,4)5;1-6-11(4)16-13-8-7-12(10(2)3)9-14(13)15-5;1-5-6-9-15-14-8-7-13(11(2)3)10-12(14)4;1-10(2)12-7-8-13(11(3)9-12)14(4,5)6;1-9(2)10-5-6-11(12(14)7-10)8-13(3,4)15;1-9(2)10-6-7-11(12(14)8-10)13(3,4)5;1-9(2)11-5-6-13(15-10(3)4)12(7-11)8-14;1-5-8-15-12-7-6-11(10(2)3)9-13(12)14-4;/h7-10H,1-6H3;7-11H,6H2,1-5H3;7-8,10-11H,5-6,9H2,1-4H3;7-10H,1-6H3;5-7,9,15H,8H2,1-4H3;6-9H,1-5H3;5-7,9-10,14H,8H2,1-4H3;6-7,9-10H,5,8H2,1-4H3;1H4. The minimum Gasteiger partial charge on any atom is -0.493 e. The van der Waals surface area contributed by atoms with Crippen LogP contribution in [0, 0.1) is 25.5 Å². The SMILES string of the molecule is C.CC(C)Oc1ccc(C(C)C)cc1CO.CC(C)c1ccc(C(C)(C)C)c(F)c1.CC(C)c1ccc(CC(C)(C)O)c(F)c1.CCC(C)Oc1ccc(C(C)C)cc1OC.CCCCOc1ccc(C(C)C)cc1C.CCCOc1ccc(C(C)C)cc1OC.COc1cc(C(C)C)ccc1OC(C)(C)C.Cc1cc(C(C)C)ccc1C(C)(C)C. The van der Waals surface area contributed by atoms with Gasteiger partial charge in [-0.3, -0.25) is 0 Å². The molecule has 0 aliphatic rings. The van der Waals surface area contributed by atoms with E-state index in [0.29, 0.717) is 59.3 Å². The number of hydrogen-bond acceptors (Lipinski definition) is 10. The minimum atomic E-state index is -0.861. The van der Waals surface area contributed by atoms with Gasteiger partial charge < -0.3 is 48.1 Å². The number of hydrogen-bond donors (Lipinski definition) is 2. The van der Waals surface area contributed by atoms with E-state index in [4.69, 9.17) is 37.9 Å². The van der Waals surface area contributed by atoms with Gasteiger partial charge in [0.15, 0.2) is 34.5 Å². The number of aliphatic hydroxyl groups excluding tert-OH is 1. The molecule has 0 bridgehead atoms. The zero-order valence-corrected chi connectivity index (χ0v) is 82.2. The maximum absolute atomic E-state index is 13.7. The van der Waals surface area contributed by atoms with Crippen molar-refractivity contribution >= 4 is 0 Å². The summed E-state index contributed by atoms with van der Waals surface area (Å²) in [6.45, 7) is 75.1. The third-order valence-electron chi connectivity index (χ3n) is 19.8. The third kappa shape index (κ3) is 43.2. The van der Waals surface area contributed by atoms with Gasteiger partial charge in [-0.25, -0.2) is 8.78 Å². The van der Waals surface area contributed by atoms with Crippen LogP contribution in [0.25, 0.3) is 0 Å². The lowest BCUT2D eigenvalue weighted by atomic mass is 9.83. The lowest BCUT2D eigenvalue weighted by Gasteiger charge is -2.23. The third-order valence-corrected chi connectivity index (χ3v) is 19.8. The highest BCUT2D eigenvalue weighted by molar-refractivity contribution is 5.47. The van der Waals surface area contributed by atoms with E-state index >= 15 is 0 Å².